The second-order valence-electron chi connectivity index (χ2n) is 6.62. The van der Waals surface area contributed by atoms with Crippen molar-refractivity contribution in [3.63, 3.8) is 0 Å². The summed E-state index contributed by atoms with van der Waals surface area (Å²) in [6, 6.07) is 8.65. The molecule has 1 fully saturated rings. The topological polar surface area (TPSA) is 95.1 Å². The predicted molar refractivity (Wildman–Crippen MR) is 96.0 cm³/mol. The summed E-state index contributed by atoms with van der Waals surface area (Å²) in [5, 5.41) is 9.76. The van der Waals surface area contributed by atoms with E-state index in [1.165, 1.54) is 4.90 Å². The number of aromatic nitrogens is 3. The second-order valence-corrected chi connectivity index (χ2v) is 6.62. The molecule has 4 rings (SSSR count). The number of hydrogen-bond acceptors (Lipinski definition) is 4. The molecule has 0 spiro atoms. The Morgan fingerprint density at radius 1 is 1.22 bits per heavy atom. The number of anilines is 1. The molecule has 1 atom stereocenters. The Labute approximate surface area is 155 Å². The molecule has 2 aromatic heterocycles. The van der Waals surface area contributed by atoms with Gasteiger partial charge in [-0.25, -0.2) is 9.69 Å². The summed E-state index contributed by atoms with van der Waals surface area (Å²) < 4.78 is 6.96. The monoisotopic (exact) mass is 366 g/mol. The summed E-state index contributed by atoms with van der Waals surface area (Å²) in [6.07, 6.45) is 3.83. The Morgan fingerprint density at radius 3 is 2.70 bits per heavy atom. The van der Waals surface area contributed by atoms with Crippen LogP contribution >= 0.6 is 0 Å². The highest BCUT2D eigenvalue weighted by atomic mass is 16.5. The van der Waals surface area contributed by atoms with Gasteiger partial charge in [-0.2, -0.15) is 5.10 Å². The fourth-order valence-electron chi connectivity index (χ4n) is 3.26. The van der Waals surface area contributed by atoms with E-state index in [1.807, 2.05) is 44.2 Å². The van der Waals surface area contributed by atoms with E-state index < -0.39 is 12.1 Å². The molecule has 27 heavy (non-hydrogen) atoms. The van der Waals surface area contributed by atoms with Gasteiger partial charge in [0.1, 0.15) is 17.5 Å². The van der Waals surface area contributed by atoms with Crippen LogP contribution in [0.25, 0.3) is 0 Å². The molecule has 0 aliphatic carbocycles. The minimum Gasteiger partial charge on any atom is -0.361 e. The zero-order chi connectivity index (χ0) is 19.0. The maximum atomic E-state index is 12.7. The van der Waals surface area contributed by atoms with Gasteiger partial charge in [0.2, 0.25) is 12.7 Å². The van der Waals surface area contributed by atoms with Gasteiger partial charge in [0, 0.05) is 6.42 Å². The third kappa shape index (κ3) is 3.21. The quantitative estimate of drug-likeness (QED) is 0.530. The van der Waals surface area contributed by atoms with Crippen LogP contribution in [0.5, 0.6) is 0 Å². The minimum atomic E-state index is -0.564. The van der Waals surface area contributed by atoms with Crippen molar-refractivity contribution in [1.29, 1.82) is 0 Å². The van der Waals surface area contributed by atoms with Crippen LogP contribution < -0.4 is 14.9 Å². The molecule has 0 radical (unpaired) electrons. The predicted octanol–water partition coefficient (Wildman–Crippen LogP) is 1.62. The molecule has 138 valence electrons. The van der Waals surface area contributed by atoms with Gasteiger partial charge < -0.3 is 9.84 Å². The molecular weight excluding hydrogens is 346 g/mol. The summed E-state index contributed by atoms with van der Waals surface area (Å²) in [5.41, 5.74) is 3.28. The number of H-pyrrole nitrogens is 1. The standard InChI is InChI=1S/C19H19N5O3/c1-12-16(13(2)27-22-12)11-23-10-15(9-20-23)24-18(25)17(21-19(24)26)8-14-6-4-3-5-7-14/h3-7,9-10,17H,8,11H2,1-2H3,(H,21,26)/p+1. The molecule has 8 heteroatoms. The number of amides is 3. The van der Waals surface area contributed by atoms with Crippen molar-refractivity contribution in [3.05, 3.63) is 65.3 Å². The Morgan fingerprint density at radius 2 is 2.00 bits per heavy atom. The van der Waals surface area contributed by atoms with E-state index in [0.29, 0.717) is 18.7 Å². The molecule has 2 N–H and O–H groups in total. The summed E-state index contributed by atoms with van der Waals surface area (Å²) in [5.74, 6) is 0.487. The molecule has 1 aliphatic heterocycles. The molecular formula is C19H20N5O3+. The highest BCUT2D eigenvalue weighted by Gasteiger charge is 2.40. The SMILES string of the molecule is Cc1noc(C)c1C[n+]1cc(N2C(=O)NC(Cc3ccccc3)C2=O)c[nH]1. The van der Waals surface area contributed by atoms with Crippen LogP contribution in [0.1, 0.15) is 22.6 Å². The van der Waals surface area contributed by atoms with Crippen LogP contribution in [0.2, 0.25) is 0 Å². The maximum Gasteiger partial charge on any atom is 0.329 e. The molecule has 0 bridgehead atoms. The lowest BCUT2D eigenvalue weighted by atomic mass is 10.1. The zero-order valence-electron chi connectivity index (χ0n) is 15.1. The average molecular weight is 366 g/mol. The Balaban J connectivity index is 1.51. The van der Waals surface area contributed by atoms with E-state index in [1.54, 1.807) is 17.1 Å². The second kappa shape index (κ2) is 6.71. The zero-order valence-corrected chi connectivity index (χ0v) is 15.1. The molecule has 1 unspecified atom stereocenters. The van der Waals surface area contributed by atoms with E-state index in [0.717, 1.165) is 22.6 Å². The van der Waals surface area contributed by atoms with Gasteiger partial charge in [-0.1, -0.05) is 35.5 Å². The number of carbonyl (C=O) groups excluding carboxylic acids is 2. The van der Waals surface area contributed by atoms with Crippen LogP contribution in [0.3, 0.4) is 0 Å². The summed E-state index contributed by atoms with van der Waals surface area (Å²) in [6.45, 7) is 4.24. The number of hydrogen-bond donors (Lipinski definition) is 2. The molecule has 1 aliphatic rings. The molecule has 3 aromatic rings. The van der Waals surface area contributed by atoms with Gasteiger partial charge in [-0.15, -0.1) is 4.68 Å². The molecule has 8 nitrogen and oxygen atoms in total. The smallest absolute Gasteiger partial charge is 0.329 e. The van der Waals surface area contributed by atoms with Crippen LogP contribution in [0, 0.1) is 13.8 Å². The maximum absolute atomic E-state index is 12.7. The third-order valence-corrected chi connectivity index (χ3v) is 4.74. The number of benzene rings is 1. The van der Waals surface area contributed by atoms with Crippen molar-refractivity contribution in [2.75, 3.05) is 4.90 Å². The largest absolute Gasteiger partial charge is 0.361 e. The van der Waals surface area contributed by atoms with Crippen LogP contribution in [0.4, 0.5) is 10.5 Å². The number of aromatic amines is 1. The fourth-order valence-corrected chi connectivity index (χ4v) is 3.26. The number of urea groups is 1. The molecule has 1 aromatic carbocycles. The van der Waals surface area contributed by atoms with Crippen molar-refractivity contribution in [3.8, 4) is 0 Å². The van der Waals surface area contributed by atoms with E-state index in [4.69, 9.17) is 4.52 Å². The lowest BCUT2D eigenvalue weighted by molar-refractivity contribution is -0.742. The summed E-state index contributed by atoms with van der Waals surface area (Å²) in [4.78, 5) is 26.3. The Hall–Kier alpha value is -3.42. The Kier molecular flexibility index (Phi) is 4.23. The number of nitrogens with zero attached hydrogens (tertiary/aromatic N) is 3. The Bertz CT molecular complexity index is 972. The number of imide groups is 1. The van der Waals surface area contributed by atoms with Gasteiger partial charge >= 0.3 is 6.03 Å². The molecule has 3 heterocycles. The molecule has 3 amide bonds. The average Bonchev–Trinajstić information content (AvgIpc) is 3.31. The third-order valence-electron chi connectivity index (χ3n) is 4.74. The van der Waals surface area contributed by atoms with Crippen molar-refractivity contribution in [2.24, 2.45) is 0 Å². The van der Waals surface area contributed by atoms with Crippen molar-refractivity contribution < 1.29 is 18.8 Å². The lowest BCUT2D eigenvalue weighted by Crippen LogP contribution is -2.36. The van der Waals surface area contributed by atoms with E-state index >= 15 is 0 Å². The highest BCUT2D eigenvalue weighted by molar-refractivity contribution is 6.21. The number of nitrogens with one attached hydrogen (secondary N) is 2. The first-order valence-electron chi connectivity index (χ1n) is 8.71. The van der Waals surface area contributed by atoms with Crippen LogP contribution in [0.15, 0.2) is 47.2 Å². The van der Waals surface area contributed by atoms with E-state index in [2.05, 4.69) is 15.6 Å². The van der Waals surface area contributed by atoms with Gasteiger partial charge in [0.25, 0.3) is 5.91 Å². The summed E-state index contributed by atoms with van der Waals surface area (Å²) in [7, 11) is 0. The van der Waals surface area contributed by atoms with Gasteiger partial charge in [-0.05, 0) is 19.4 Å². The van der Waals surface area contributed by atoms with Crippen LogP contribution in [-0.2, 0) is 17.8 Å². The first-order valence-corrected chi connectivity index (χ1v) is 8.71. The van der Waals surface area contributed by atoms with Crippen molar-refractivity contribution >= 4 is 17.6 Å². The van der Waals surface area contributed by atoms with E-state index in [9.17, 15) is 9.59 Å². The number of carbonyl (C=O) groups is 2. The van der Waals surface area contributed by atoms with Crippen molar-refractivity contribution in [2.45, 2.75) is 32.9 Å². The first kappa shape index (κ1) is 17.0. The minimum absolute atomic E-state index is 0.257. The highest BCUT2D eigenvalue weighted by Crippen LogP contribution is 2.20. The van der Waals surface area contributed by atoms with Gasteiger partial charge in [0.05, 0.1) is 17.5 Å². The number of aryl methyl sites for hydroxylation is 2. The van der Waals surface area contributed by atoms with Crippen molar-refractivity contribution in [1.82, 2.24) is 15.6 Å². The first-order chi connectivity index (χ1) is 13.0. The molecule has 0 saturated carbocycles. The van der Waals surface area contributed by atoms with Gasteiger partial charge in [-0.3, -0.25) is 4.79 Å². The van der Waals surface area contributed by atoms with Crippen LogP contribution in [-0.4, -0.2) is 28.2 Å². The summed E-state index contributed by atoms with van der Waals surface area (Å²) >= 11 is 0. The van der Waals surface area contributed by atoms with Gasteiger partial charge in [0.15, 0.2) is 0 Å². The normalized spacial score (nSPS) is 16.8. The van der Waals surface area contributed by atoms with E-state index in [-0.39, 0.29) is 5.91 Å². The molecule has 1 saturated heterocycles. The number of rotatable bonds is 5. The lowest BCUT2D eigenvalue weighted by Gasteiger charge is -2.09. The fraction of sp³-hybridized carbons (Fsp3) is 0.263.